The molecule has 0 aliphatic carbocycles. The van der Waals surface area contributed by atoms with Crippen molar-refractivity contribution in [2.24, 2.45) is 0 Å². The lowest BCUT2D eigenvalue weighted by molar-refractivity contribution is 0.668. The molecule has 0 aliphatic heterocycles. The van der Waals surface area contributed by atoms with E-state index in [1.54, 1.807) is 0 Å². The second-order valence-electron chi connectivity index (χ2n) is 9.27. The van der Waals surface area contributed by atoms with Crippen molar-refractivity contribution in [3.05, 3.63) is 116 Å². The fraction of sp³-hybridized carbons (Fsp3) is 0. The smallest absolute Gasteiger partial charge is 0.161 e. The summed E-state index contributed by atoms with van der Waals surface area (Å²) in [5, 5.41) is 2.02. The lowest BCUT2D eigenvalue weighted by atomic mass is 9.91. The Hall–Kier alpha value is -5.29. The number of hydrogen-bond donors (Lipinski definition) is 0. The van der Waals surface area contributed by atoms with Gasteiger partial charge in [-0.25, -0.2) is 0 Å². The van der Waals surface area contributed by atoms with Crippen LogP contribution in [0.3, 0.4) is 0 Å². The predicted molar refractivity (Wildman–Crippen MR) is 151 cm³/mol. The first-order valence-electron chi connectivity index (χ1n) is 12.4. The van der Waals surface area contributed by atoms with Gasteiger partial charge in [0.25, 0.3) is 0 Å². The van der Waals surface area contributed by atoms with Crippen molar-refractivity contribution in [1.82, 2.24) is 15.0 Å². The van der Waals surface area contributed by atoms with E-state index in [1.165, 1.54) is 0 Å². The van der Waals surface area contributed by atoms with E-state index >= 15 is 0 Å². The van der Waals surface area contributed by atoms with E-state index in [9.17, 15) is 0 Å². The Morgan fingerprint density at radius 2 is 1.05 bits per heavy atom. The van der Waals surface area contributed by atoms with Gasteiger partial charge >= 0.3 is 0 Å². The van der Waals surface area contributed by atoms with Crippen molar-refractivity contribution in [2.75, 3.05) is 0 Å². The molecule has 38 heavy (non-hydrogen) atoms. The van der Waals surface area contributed by atoms with E-state index in [4.69, 9.17) is 8.83 Å². The summed E-state index contributed by atoms with van der Waals surface area (Å²) in [6.07, 6.45) is 7.34. The molecule has 8 rings (SSSR count). The fourth-order valence-electron chi connectivity index (χ4n) is 5.37. The van der Waals surface area contributed by atoms with Gasteiger partial charge in [-0.1, -0.05) is 36.4 Å². The van der Waals surface area contributed by atoms with Gasteiger partial charge in [0.05, 0.1) is 0 Å². The van der Waals surface area contributed by atoms with Crippen LogP contribution in [0.5, 0.6) is 0 Å². The molecule has 0 fully saturated rings. The number of hydrogen-bond acceptors (Lipinski definition) is 5. The van der Waals surface area contributed by atoms with E-state index in [0.29, 0.717) is 0 Å². The lowest BCUT2D eigenvalue weighted by Gasteiger charge is -2.13. The molecule has 5 heteroatoms. The molecule has 0 saturated carbocycles. The first kappa shape index (κ1) is 20.9. The molecule has 0 unspecified atom stereocenters. The number of pyridine rings is 3. The van der Waals surface area contributed by atoms with E-state index in [0.717, 1.165) is 77.5 Å². The molecule has 0 N–H and O–H groups in total. The van der Waals surface area contributed by atoms with E-state index in [2.05, 4.69) is 33.2 Å². The minimum Gasteiger partial charge on any atom is -0.454 e. The Kier molecular flexibility index (Phi) is 4.45. The maximum atomic E-state index is 6.34. The molecular formula is C33H19N3O2. The second kappa shape index (κ2) is 8.11. The van der Waals surface area contributed by atoms with Gasteiger partial charge in [-0.15, -0.1) is 0 Å². The maximum Gasteiger partial charge on any atom is 0.161 e. The van der Waals surface area contributed by atoms with Crippen LogP contribution >= 0.6 is 0 Å². The lowest BCUT2D eigenvalue weighted by Crippen LogP contribution is -1.90. The van der Waals surface area contributed by atoms with Gasteiger partial charge in [0.1, 0.15) is 22.2 Å². The maximum absolute atomic E-state index is 6.34. The quantitative estimate of drug-likeness (QED) is 0.248. The largest absolute Gasteiger partial charge is 0.454 e. The average molecular weight is 490 g/mol. The first-order valence-corrected chi connectivity index (χ1v) is 12.4. The highest BCUT2D eigenvalue weighted by molar-refractivity contribution is 6.10. The Morgan fingerprint density at radius 3 is 1.74 bits per heavy atom. The molecule has 5 aromatic heterocycles. The molecule has 5 heterocycles. The predicted octanol–water partition coefficient (Wildman–Crippen LogP) is 8.67. The van der Waals surface area contributed by atoms with Crippen LogP contribution in [-0.2, 0) is 0 Å². The molecule has 0 saturated heterocycles. The molecule has 0 atom stereocenters. The molecule has 5 nitrogen and oxygen atoms in total. The molecular weight excluding hydrogens is 470 g/mol. The van der Waals surface area contributed by atoms with Crippen LogP contribution in [0.15, 0.2) is 125 Å². The Morgan fingerprint density at radius 1 is 0.447 bits per heavy atom. The van der Waals surface area contributed by atoms with Crippen molar-refractivity contribution < 1.29 is 8.83 Å². The fourth-order valence-corrected chi connectivity index (χ4v) is 5.37. The molecule has 8 aromatic rings. The normalized spacial score (nSPS) is 11.7. The van der Waals surface area contributed by atoms with Crippen LogP contribution in [0.4, 0.5) is 0 Å². The molecule has 0 bridgehead atoms. The zero-order valence-corrected chi connectivity index (χ0v) is 20.1. The first-order chi connectivity index (χ1) is 18.8. The van der Waals surface area contributed by atoms with E-state index in [-0.39, 0.29) is 0 Å². The standard InChI is InChI=1S/C33H19N3O2/c1-3-7-28-25(5-1)30-32(37-28)22(13-17-35-30)21-9-10-23(27(19-21)20-11-15-34-16-12-20)24-14-18-36-31-26-6-2-4-8-29(26)38-33(24)31/h1-19H. The highest BCUT2D eigenvalue weighted by Crippen LogP contribution is 2.42. The zero-order valence-electron chi connectivity index (χ0n) is 20.1. The summed E-state index contributed by atoms with van der Waals surface area (Å²) >= 11 is 0. The summed E-state index contributed by atoms with van der Waals surface area (Å²) in [6, 6.07) is 30.6. The molecule has 178 valence electrons. The van der Waals surface area contributed by atoms with Crippen molar-refractivity contribution in [3.63, 3.8) is 0 Å². The monoisotopic (exact) mass is 489 g/mol. The SMILES string of the molecule is c1ccc2c(c1)oc1c(-c3ccc(-c4ccnc5c4oc4ccccc45)c(-c4ccncc4)c3)ccnc12. The Balaban J connectivity index is 1.40. The summed E-state index contributed by atoms with van der Waals surface area (Å²) in [7, 11) is 0. The number of para-hydroxylation sites is 2. The van der Waals surface area contributed by atoms with Crippen LogP contribution in [0.25, 0.3) is 77.5 Å². The summed E-state index contributed by atoms with van der Waals surface area (Å²) in [6.45, 7) is 0. The van der Waals surface area contributed by atoms with Gasteiger partial charge in [0.2, 0.25) is 0 Å². The van der Waals surface area contributed by atoms with Crippen LogP contribution in [-0.4, -0.2) is 15.0 Å². The number of nitrogens with zero attached hydrogens (tertiary/aromatic N) is 3. The molecule has 0 aliphatic rings. The molecule has 0 spiro atoms. The zero-order chi connectivity index (χ0) is 25.1. The third-order valence-corrected chi connectivity index (χ3v) is 7.13. The van der Waals surface area contributed by atoms with Gasteiger partial charge in [-0.05, 0) is 76.9 Å². The van der Waals surface area contributed by atoms with Gasteiger partial charge < -0.3 is 8.83 Å². The Bertz CT molecular complexity index is 2140. The number of fused-ring (bicyclic) bond motifs is 6. The second-order valence-corrected chi connectivity index (χ2v) is 9.27. The number of aromatic nitrogens is 3. The summed E-state index contributed by atoms with van der Waals surface area (Å²) in [5.41, 5.74) is 11.2. The molecule has 0 radical (unpaired) electrons. The van der Waals surface area contributed by atoms with Crippen LogP contribution < -0.4 is 0 Å². The van der Waals surface area contributed by atoms with Gasteiger partial charge in [-0.3, -0.25) is 15.0 Å². The number of benzene rings is 3. The number of rotatable bonds is 3. The van der Waals surface area contributed by atoms with Gasteiger partial charge in [0.15, 0.2) is 11.2 Å². The van der Waals surface area contributed by atoms with Crippen molar-refractivity contribution in [1.29, 1.82) is 0 Å². The van der Waals surface area contributed by atoms with Crippen molar-refractivity contribution >= 4 is 44.1 Å². The highest BCUT2D eigenvalue weighted by atomic mass is 16.3. The average Bonchev–Trinajstić information content (AvgIpc) is 3.56. The topological polar surface area (TPSA) is 65.0 Å². The Labute approximate surface area is 217 Å². The summed E-state index contributed by atoms with van der Waals surface area (Å²) < 4.78 is 12.6. The third-order valence-electron chi connectivity index (χ3n) is 7.13. The van der Waals surface area contributed by atoms with E-state index in [1.807, 2.05) is 97.6 Å². The highest BCUT2D eigenvalue weighted by Gasteiger charge is 2.19. The van der Waals surface area contributed by atoms with Crippen molar-refractivity contribution in [2.45, 2.75) is 0 Å². The minimum absolute atomic E-state index is 0.778. The van der Waals surface area contributed by atoms with Crippen molar-refractivity contribution in [3.8, 4) is 33.4 Å². The van der Waals surface area contributed by atoms with Crippen LogP contribution in [0.2, 0.25) is 0 Å². The molecule has 3 aromatic carbocycles. The number of furan rings is 2. The van der Waals surface area contributed by atoms with Crippen LogP contribution in [0, 0.1) is 0 Å². The van der Waals surface area contributed by atoms with Crippen LogP contribution in [0.1, 0.15) is 0 Å². The summed E-state index contributed by atoms with van der Waals surface area (Å²) in [4.78, 5) is 13.5. The van der Waals surface area contributed by atoms with Gasteiger partial charge in [0, 0.05) is 46.7 Å². The van der Waals surface area contributed by atoms with E-state index < -0.39 is 0 Å². The molecule has 0 amide bonds. The van der Waals surface area contributed by atoms with Gasteiger partial charge in [-0.2, -0.15) is 0 Å². The summed E-state index contributed by atoms with van der Waals surface area (Å²) in [5.74, 6) is 0. The third kappa shape index (κ3) is 3.09. The minimum atomic E-state index is 0.778.